The first kappa shape index (κ1) is 20.8. The summed E-state index contributed by atoms with van der Waals surface area (Å²) in [5.74, 6) is -0.387. The number of aryl methyl sites for hydroxylation is 1. The topological polar surface area (TPSA) is 218 Å². The molecular formula is C15H21N7O7S. The van der Waals surface area contributed by atoms with Crippen LogP contribution in [0.4, 0.5) is 5.82 Å². The number of carbonyl (C=O) groups is 1. The second-order valence-electron chi connectivity index (χ2n) is 7.08. The highest BCUT2D eigenvalue weighted by Gasteiger charge is 2.46. The van der Waals surface area contributed by atoms with Crippen LogP contribution in [0.15, 0.2) is 6.33 Å². The number of aromatic nitrogens is 4. The molecule has 4 heterocycles. The fraction of sp³-hybridized carbons (Fsp3) is 0.600. The van der Waals surface area contributed by atoms with E-state index in [0.717, 1.165) is 0 Å². The minimum atomic E-state index is -4.48. The lowest BCUT2D eigenvalue weighted by molar-refractivity contribution is -0.120. The monoisotopic (exact) mass is 443 g/mol. The number of nitrogens with two attached hydrogens (primary N) is 2. The van der Waals surface area contributed by atoms with Crippen LogP contribution < -0.4 is 16.2 Å². The number of hydrogen-bond donors (Lipinski definition) is 5. The summed E-state index contributed by atoms with van der Waals surface area (Å²) in [7, 11) is -4.48. The van der Waals surface area contributed by atoms with Crippen molar-refractivity contribution >= 4 is 33.2 Å². The third-order valence-electron chi connectivity index (χ3n) is 5.04. The highest BCUT2D eigenvalue weighted by molar-refractivity contribution is 7.85. The number of fused-ring (bicyclic) bond motifs is 6. The molecule has 2 aromatic heterocycles. The van der Waals surface area contributed by atoms with Crippen molar-refractivity contribution in [3.63, 3.8) is 0 Å². The number of aliphatic hydroxyl groups is 2. The number of ether oxygens (including phenoxy) is 1. The van der Waals surface area contributed by atoms with Crippen molar-refractivity contribution in [2.75, 3.05) is 12.3 Å². The number of hydrogen-bond acceptors (Lipinski definition) is 12. The van der Waals surface area contributed by atoms with Gasteiger partial charge in [-0.05, 0) is 12.8 Å². The largest absolute Gasteiger partial charge is 0.387 e. The van der Waals surface area contributed by atoms with Crippen LogP contribution in [-0.4, -0.2) is 75.0 Å². The van der Waals surface area contributed by atoms with Gasteiger partial charge in [-0.3, -0.25) is 13.5 Å². The number of imidazole rings is 1. The first-order valence-corrected chi connectivity index (χ1v) is 10.5. The molecule has 7 N–H and O–H groups in total. The van der Waals surface area contributed by atoms with E-state index in [0.29, 0.717) is 12.2 Å². The van der Waals surface area contributed by atoms with Gasteiger partial charge >= 0.3 is 10.3 Å². The summed E-state index contributed by atoms with van der Waals surface area (Å²) in [5, 5.41) is 20.9. The van der Waals surface area contributed by atoms with Gasteiger partial charge in [0.05, 0.1) is 12.6 Å². The van der Waals surface area contributed by atoms with Gasteiger partial charge in [-0.25, -0.2) is 19.7 Å². The summed E-state index contributed by atoms with van der Waals surface area (Å²) in [5.41, 5.74) is 12.2. The van der Waals surface area contributed by atoms with Gasteiger partial charge in [0.25, 0.3) is 5.91 Å². The lowest BCUT2D eigenvalue weighted by Gasteiger charge is -2.20. The second-order valence-corrected chi connectivity index (χ2v) is 8.43. The van der Waals surface area contributed by atoms with Crippen molar-refractivity contribution in [3.05, 3.63) is 12.2 Å². The van der Waals surface area contributed by atoms with E-state index in [1.165, 1.54) is 10.9 Å². The van der Waals surface area contributed by atoms with Gasteiger partial charge in [0.2, 0.25) is 0 Å². The third kappa shape index (κ3) is 3.70. The molecule has 1 amide bonds. The first-order chi connectivity index (χ1) is 14.2. The molecule has 15 heteroatoms. The van der Waals surface area contributed by atoms with Crippen molar-refractivity contribution < 1.29 is 32.3 Å². The lowest BCUT2D eigenvalue weighted by atomic mass is 10.1. The Hall–Kier alpha value is -2.43. The quantitative estimate of drug-likeness (QED) is 0.276. The maximum atomic E-state index is 12.0. The van der Waals surface area contributed by atoms with Crippen LogP contribution in [0.5, 0.6) is 0 Å². The summed E-state index contributed by atoms with van der Waals surface area (Å²) in [6.07, 6.45) is -3.24. The van der Waals surface area contributed by atoms with Crippen molar-refractivity contribution in [1.82, 2.24) is 24.2 Å². The summed E-state index contributed by atoms with van der Waals surface area (Å²) >= 11 is 0. The van der Waals surface area contributed by atoms with Crippen molar-refractivity contribution in [2.45, 2.75) is 49.8 Å². The van der Waals surface area contributed by atoms with Crippen LogP contribution in [0.25, 0.3) is 11.2 Å². The molecule has 1 fully saturated rings. The summed E-state index contributed by atoms with van der Waals surface area (Å²) in [6.45, 7) is -0.647. The fourth-order valence-corrected chi connectivity index (χ4v) is 4.26. The minimum absolute atomic E-state index is 0.119. The average Bonchev–Trinajstić information content (AvgIpc) is 3.18. The summed E-state index contributed by atoms with van der Waals surface area (Å²) in [6, 6.07) is -1.10. The predicted molar refractivity (Wildman–Crippen MR) is 99.6 cm³/mol. The van der Waals surface area contributed by atoms with Crippen molar-refractivity contribution in [2.24, 2.45) is 5.73 Å². The molecule has 0 spiro atoms. The number of carbonyl (C=O) groups excluding carboxylic acids is 1. The van der Waals surface area contributed by atoms with E-state index in [2.05, 4.69) is 15.0 Å². The molecule has 0 radical (unpaired) electrons. The lowest BCUT2D eigenvalue weighted by Crippen LogP contribution is -2.45. The average molecular weight is 443 g/mol. The van der Waals surface area contributed by atoms with E-state index in [1.807, 2.05) is 0 Å². The maximum Gasteiger partial charge on any atom is 0.362 e. The number of nitrogens with zero attached hydrogens (tertiary/aromatic N) is 4. The van der Waals surface area contributed by atoms with Crippen LogP contribution in [-0.2, 0) is 30.4 Å². The van der Waals surface area contributed by atoms with E-state index < -0.39 is 53.4 Å². The summed E-state index contributed by atoms with van der Waals surface area (Å²) in [4.78, 5) is 24.5. The molecule has 0 unspecified atom stereocenters. The fourth-order valence-electron chi connectivity index (χ4n) is 3.49. The van der Waals surface area contributed by atoms with Crippen LogP contribution in [0.1, 0.15) is 24.9 Å². The van der Waals surface area contributed by atoms with Gasteiger partial charge in [-0.15, -0.1) is 0 Å². The molecule has 2 aromatic rings. The normalized spacial score (nSPS) is 32.4. The van der Waals surface area contributed by atoms with Crippen LogP contribution in [0.2, 0.25) is 0 Å². The Morgan fingerprint density at radius 2 is 2.03 bits per heavy atom. The highest BCUT2D eigenvalue weighted by atomic mass is 32.2. The van der Waals surface area contributed by atoms with Crippen LogP contribution >= 0.6 is 0 Å². The Labute approximate surface area is 170 Å². The minimum Gasteiger partial charge on any atom is -0.387 e. The second kappa shape index (κ2) is 7.68. The van der Waals surface area contributed by atoms with E-state index in [9.17, 15) is 23.4 Å². The van der Waals surface area contributed by atoms with Gasteiger partial charge in [-0.1, -0.05) is 0 Å². The molecule has 0 aromatic carbocycles. The van der Waals surface area contributed by atoms with Crippen LogP contribution in [0, 0.1) is 0 Å². The van der Waals surface area contributed by atoms with Crippen molar-refractivity contribution in [1.29, 1.82) is 0 Å². The molecule has 2 aliphatic rings. The number of nitrogens with one attached hydrogen (secondary N) is 1. The smallest absolute Gasteiger partial charge is 0.362 e. The predicted octanol–water partition coefficient (Wildman–Crippen LogP) is -2.93. The molecule has 1 saturated heterocycles. The van der Waals surface area contributed by atoms with Gasteiger partial charge in [-0.2, -0.15) is 8.42 Å². The molecule has 0 aliphatic carbocycles. The number of amides is 1. The SMILES string of the molecule is Nc1ncnc2c1nc1n2[C@@H]2O[C@H](COS(=O)(=O)NC(=O)[C@@H](N)CCC1)[C@@H](O)[C@H]2O. The van der Waals surface area contributed by atoms with Crippen LogP contribution in [0.3, 0.4) is 0 Å². The Kier molecular flexibility index (Phi) is 5.33. The number of rotatable bonds is 0. The Morgan fingerprint density at radius 1 is 1.27 bits per heavy atom. The molecular weight excluding hydrogens is 422 g/mol. The zero-order valence-electron chi connectivity index (χ0n) is 15.6. The first-order valence-electron chi connectivity index (χ1n) is 9.13. The maximum absolute atomic E-state index is 12.0. The Balaban J connectivity index is 1.77. The molecule has 14 nitrogen and oxygen atoms in total. The molecule has 0 saturated carbocycles. The summed E-state index contributed by atoms with van der Waals surface area (Å²) < 4.78 is 37.6. The van der Waals surface area contributed by atoms with Gasteiger partial charge < -0.3 is 26.4 Å². The molecule has 2 bridgehead atoms. The van der Waals surface area contributed by atoms with Gasteiger partial charge in [0.15, 0.2) is 23.2 Å². The molecule has 30 heavy (non-hydrogen) atoms. The van der Waals surface area contributed by atoms with Gasteiger partial charge in [0.1, 0.15) is 30.5 Å². The van der Waals surface area contributed by atoms with Crippen molar-refractivity contribution in [3.8, 4) is 0 Å². The Bertz CT molecular complexity index is 1070. The Morgan fingerprint density at radius 3 is 2.80 bits per heavy atom. The van der Waals surface area contributed by atoms with E-state index in [1.54, 1.807) is 4.72 Å². The van der Waals surface area contributed by atoms with E-state index >= 15 is 0 Å². The standard InChI is InChI=1S/C15H21N7O7S/c16-6-2-1-3-8-20-9-12(17)18-5-19-13(9)22(8)15-11(24)10(23)7(29-15)4-28-30(26,27)21-14(6)25/h5-7,10-11,15,23-24H,1-4,16H2,(H,21,25)(H2,17,18,19)/t6-,7+,10+,11+,15+/m0/s1. The molecule has 4 rings (SSSR count). The number of anilines is 1. The van der Waals surface area contributed by atoms with Gasteiger partial charge in [0, 0.05) is 6.42 Å². The zero-order chi connectivity index (χ0) is 21.6. The number of aliphatic hydroxyl groups excluding tert-OH is 2. The van der Waals surface area contributed by atoms with E-state index in [-0.39, 0.29) is 29.8 Å². The zero-order valence-corrected chi connectivity index (χ0v) is 16.4. The molecule has 164 valence electrons. The molecule has 2 aliphatic heterocycles. The third-order valence-corrected chi connectivity index (χ3v) is 5.93. The molecule has 5 atom stereocenters. The highest BCUT2D eigenvalue weighted by Crippen LogP contribution is 2.34. The number of nitrogen functional groups attached to an aromatic ring is 1. The van der Waals surface area contributed by atoms with E-state index in [4.69, 9.17) is 20.4 Å².